The summed E-state index contributed by atoms with van der Waals surface area (Å²) in [4.78, 5) is 0. The minimum absolute atomic E-state index is 0.287. The average molecular weight is 254 g/mol. The van der Waals surface area contributed by atoms with Crippen LogP contribution < -0.4 is 5.32 Å². The molecule has 0 saturated carbocycles. The highest BCUT2D eigenvalue weighted by Crippen LogP contribution is 2.14. The summed E-state index contributed by atoms with van der Waals surface area (Å²) in [6.45, 7) is 4.91. The van der Waals surface area contributed by atoms with Crippen LogP contribution in [0.25, 0.3) is 0 Å². The maximum atomic E-state index is 5.71. The topological polar surface area (TPSA) is 43.0 Å². The standard InChI is InChI=1S/C12H16ClN3O/c1-9(10(2)16-7-3-6-15-16)14-8-11-4-5-12(13)17-11/h3-7,9-10,14H,8H2,1-2H3. The first-order chi connectivity index (χ1) is 8.16. The molecular formula is C12H16ClN3O. The minimum Gasteiger partial charge on any atom is -0.448 e. The molecule has 2 aromatic heterocycles. The first-order valence-electron chi connectivity index (χ1n) is 5.63. The predicted octanol–water partition coefficient (Wildman–Crippen LogP) is 2.87. The lowest BCUT2D eigenvalue weighted by molar-refractivity contribution is 0.351. The van der Waals surface area contributed by atoms with Crippen LogP contribution in [0.4, 0.5) is 0 Å². The molecule has 1 N–H and O–H groups in total. The lowest BCUT2D eigenvalue weighted by Crippen LogP contribution is -2.33. The Hall–Kier alpha value is -1.26. The fraction of sp³-hybridized carbons (Fsp3) is 0.417. The van der Waals surface area contributed by atoms with Gasteiger partial charge < -0.3 is 9.73 Å². The summed E-state index contributed by atoms with van der Waals surface area (Å²) in [5.74, 6) is 0.842. The van der Waals surface area contributed by atoms with Crippen LogP contribution in [-0.2, 0) is 6.54 Å². The van der Waals surface area contributed by atoms with Crippen LogP contribution in [0.15, 0.2) is 35.0 Å². The Bertz CT molecular complexity index is 452. The Morgan fingerprint density at radius 2 is 2.29 bits per heavy atom. The largest absolute Gasteiger partial charge is 0.448 e. The molecule has 5 heteroatoms. The van der Waals surface area contributed by atoms with Gasteiger partial charge >= 0.3 is 0 Å². The molecule has 0 saturated heterocycles. The van der Waals surface area contributed by atoms with Gasteiger partial charge in [-0.05, 0) is 43.6 Å². The van der Waals surface area contributed by atoms with Crippen LogP contribution in [-0.4, -0.2) is 15.8 Å². The summed E-state index contributed by atoms with van der Waals surface area (Å²) in [5.41, 5.74) is 0. The number of aromatic nitrogens is 2. The molecule has 2 aromatic rings. The Balaban J connectivity index is 1.87. The van der Waals surface area contributed by atoms with E-state index in [1.165, 1.54) is 0 Å². The van der Waals surface area contributed by atoms with E-state index in [0.717, 1.165) is 5.76 Å². The van der Waals surface area contributed by atoms with E-state index >= 15 is 0 Å². The van der Waals surface area contributed by atoms with E-state index in [-0.39, 0.29) is 6.04 Å². The van der Waals surface area contributed by atoms with Gasteiger partial charge in [0.15, 0.2) is 5.22 Å². The third kappa shape index (κ3) is 3.11. The minimum atomic E-state index is 0.287. The summed E-state index contributed by atoms with van der Waals surface area (Å²) in [6.07, 6.45) is 3.75. The zero-order valence-electron chi connectivity index (χ0n) is 9.93. The average Bonchev–Trinajstić information content (AvgIpc) is 2.95. The van der Waals surface area contributed by atoms with Crippen molar-refractivity contribution in [1.82, 2.24) is 15.1 Å². The van der Waals surface area contributed by atoms with Crippen LogP contribution in [0.3, 0.4) is 0 Å². The third-order valence-corrected chi connectivity index (χ3v) is 3.10. The quantitative estimate of drug-likeness (QED) is 0.891. The van der Waals surface area contributed by atoms with E-state index in [9.17, 15) is 0 Å². The zero-order valence-corrected chi connectivity index (χ0v) is 10.7. The number of hydrogen-bond acceptors (Lipinski definition) is 3. The van der Waals surface area contributed by atoms with Gasteiger partial charge in [-0.15, -0.1) is 0 Å². The van der Waals surface area contributed by atoms with Gasteiger partial charge in [0.1, 0.15) is 5.76 Å². The van der Waals surface area contributed by atoms with Crippen molar-refractivity contribution in [2.45, 2.75) is 32.5 Å². The summed E-state index contributed by atoms with van der Waals surface area (Å²) < 4.78 is 7.22. The van der Waals surface area contributed by atoms with Gasteiger partial charge in [-0.1, -0.05) is 0 Å². The van der Waals surface area contributed by atoms with E-state index in [0.29, 0.717) is 17.8 Å². The molecule has 2 atom stereocenters. The number of halogens is 1. The Morgan fingerprint density at radius 1 is 1.47 bits per heavy atom. The smallest absolute Gasteiger partial charge is 0.193 e. The van der Waals surface area contributed by atoms with Crippen molar-refractivity contribution >= 4 is 11.6 Å². The highest BCUT2D eigenvalue weighted by Gasteiger charge is 2.14. The van der Waals surface area contributed by atoms with E-state index in [1.54, 1.807) is 12.3 Å². The second-order valence-electron chi connectivity index (χ2n) is 4.10. The summed E-state index contributed by atoms with van der Waals surface area (Å²) in [6, 6.07) is 6.13. The Kier molecular flexibility index (Phi) is 3.86. The molecule has 4 nitrogen and oxygen atoms in total. The highest BCUT2D eigenvalue weighted by atomic mass is 35.5. The van der Waals surface area contributed by atoms with Crippen LogP contribution >= 0.6 is 11.6 Å². The molecule has 0 radical (unpaired) electrons. The van der Waals surface area contributed by atoms with Crippen LogP contribution in [0, 0.1) is 0 Å². The molecule has 0 aliphatic rings. The Morgan fingerprint density at radius 3 is 2.88 bits per heavy atom. The molecule has 2 rings (SSSR count). The van der Waals surface area contributed by atoms with Crippen LogP contribution in [0.2, 0.25) is 5.22 Å². The van der Waals surface area contributed by atoms with Crippen LogP contribution in [0.5, 0.6) is 0 Å². The van der Waals surface area contributed by atoms with Gasteiger partial charge in [0.25, 0.3) is 0 Å². The maximum absolute atomic E-state index is 5.71. The third-order valence-electron chi connectivity index (χ3n) is 2.89. The number of nitrogens with one attached hydrogen (secondary N) is 1. The normalized spacial score (nSPS) is 14.8. The monoisotopic (exact) mass is 253 g/mol. The molecule has 0 fully saturated rings. The second kappa shape index (κ2) is 5.38. The number of furan rings is 1. The van der Waals surface area contributed by atoms with Crippen molar-refractivity contribution in [3.8, 4) is 0 Å². The van der Waals surface area contributed by atoms with Gasteiger partial charge in [-0.2, -0.15) is 5.10 Å². The number of rotatable bonds is 5. The molecule has 0 amide bonds. The van der Waals surface area contributed by atoms with Gasteiger partial charge in [0, 0.05) is 18.4 Å². The highest BCUT2D eigenvalue weighted by molar-refractivity contribution is 6.28. The second-order valence-corrected chi connectivity index (χ2v) is 4.47. The summed E-state index contributed by atoms with van der Waals surface area (Å²) >= 11 is 5.71. The SMILES string of the molecule is CC(NCc1ccc(Cl)o1)C(C)n1cccn1. The molecule has 0 aliphatic heterocycles. The van der Waals surface area contributed by atoms with Crippen molar-refractivity contribution < 1.29 is 4.42 Å². The molecule has 2 unspecified atom stereocenters. The lowest BCUT2D eigenvalue weighted by atomic mass is 10.2. The molecule has 0 aliphatic carbocycles. The molecular weight excluding hydrogens is 238 g/mol. The summed E-state index contributed by atoms with van der Waals surface area (Å²) in [7, 11) is 0. The van der Waals surface area contributed by atoms with Gasteiger partial charge in [0.05, 0.1) is 12.6 Å². The first kappa shape index (κ1) is 12.2. The van der Waals surface area contributed by atoms with Crippen molar-refractivity contribution in [2.75, 3.05) is 0 Å². The van der Waals surface area contributed by atoms with E-state index in [1.807, 2.05) is 23.0 Å². The van der Waals surface area contributed by atoms with Crippen molar-refractivity contribution in [3.63, 3.8) is 0 Å². The molecule has 0 aromatic carbocycles. The van der Waals surface area contributed by atoms with Crippen molar-refractivity contribution in [1.29, 1.82) is 0 Å². The first-order valence-corrected chi connectivity index (χ1v) is 6.01. The number of hydrogen-bond donors (Lipinski definition) is 1. The van der Waals surface area contributed by atoms with Gasteiger partial charge in [-0.25, -0.2) is 0 Å². The molecule has 0 bridgehead atoms. The fourth-order valence-electron chi connectivity index (χ4n) is 1.63. The molecule has 17 heavy (non-hydrogen) atoms. The predicted molar refractivity (Wildman–Crippen MR) is 67.0 cm³/mol. The molecule has 0 spiro atoms. The van der Waals surface area contributed by atoms with Crippen molar-refractivity contribution in [3.05, 3.63) is 41.6 Å². The van der Waals surface area contributed by atoms with E-state index < -0.39 is 0 Å². The van der Waals surface area contributed by atoms with Crippen LogP contribution in [0.1, 0.15) is 25.6 Å². The van der Waals surface area contributed by atoms with Gasteiger partial charge in [0.2, 0.25) is 0 Å². The summed E-state index contributed by atoms with van der Waals surface area (Å²) in [5, 5.41) is 8.04. The number of nitrogens with zero attached hydrogens (tertiary/aromatic N) is 2. The maximum Gasteiger partial charge on any atom is 0.193 e. The molecule has 92 valence electrons. The zero-order chi connectivity index (χ0) is 12.3. The van der Waals surface area contributed by atoms with Crippen molar-refractivity contribution in [2.24, 2.45) is 0 Å². The van der Waals surface area contributed by atoms with Gasteiger partial charge in [-0.3, -0.25) is 4.68 Å². The van der Waals surface area contributed by atoms with E-state index in [2.05, 4.69) is 24.3 Å². The lowest BCUT2D eigenvalue weighted by Gasteiger charge is -2.21. The Labute approximate surface area is 106 Å². The molecule has 2 heterocycles. The van der Waals surface area contributed by atoms with E-state index in [4.69, 9.17) is 16.0 Å². The fourth-order valence-corrected chi connectivity index (χ4v) is 1.79.